The molecule has 1 atom stereocenters. The normalized spacial score (nSPS) is 13.9. The Morgan fingerprint density at radius 1 is 1.55 bits per heavy atom. The molecule has 0 aliphatic carbocycles. The number of carbonyl (C=O) groups is 2. The topological polar surface area (TPSA) is 106 Å². The molecular formula is C13H22N4O4S. The number of thioether (sulfide) groups is 1. The molecule has 0 aliphatic rings. The van der Waals surface area contributed by atoms with Crippen LogP contribution in [-0.4, -0.2) is 56.8 Å². The number of carboxylic acids is 1. The van der Waals surface area contributed by atoms with E-state index in [4.69, 9.17) is 9.84 Å². The fraction of sp³-hybridized carbons (Fsp3) is 0.692. The van der Waals surface area contributed by atoms with Crippen molar-refractivity contribution in [2.24, 2.45) is 0 Å². The van der Waals surface area contributed by atoms with Gasteiger partial charge < -0.3 is 19.7 Å². The Morgan fingerprint density at radius 2 is 2.23 bits per heavy atom. The quantitative estimate of drug-likeness (QED) is 0.649. The molecule has 22 heavy (non-hydrogen) atoms. The number of aliphatic carboxylic acids is 1. The Labute approximate surface area is 133 Å². The number of aromatic nitrogens is 3. The molecule has 0 spiro atoms. The minimum atomic E-state index is -0.993. The summed E-state index contributed by atoms with van der Waals surface area (Å²) < 4.78 is 6.86. The van der Waals surface area contributed by atoms with Gasteiger partial charge in [-0.05, 0) is 20.8 Å². The molecule has 0 saturated carbocycles. The van der Waals surface area contributed by atoms with Gasteiger partial charge in [-0.2, -0.15) is 0 Å². The summed E-state index contributed by atoms with van der Waals surface area (Å²) in [5, 5.41) is 20.1. The van der Waals surface area contributed by atoms with Crippen molar-refractivity contribution >= 4 is 23.6 Å². The highest BCUT2D eigenvalue weighted by Gasteiger charge is 2.29. The van der Waals surface area contributed by atoms with Crippen LogP contribution in [-0.2, 0) is 14.3 Å². The monoisotopic (exact) mass is 330 g/mol. The molecule has 1 heterocycles. The maximum atomic E-state index is 12.1. The number of carbonyl (C=O) groups excluding carboxylic acids is 1. The third-order valence-corrected chi connectivity index (χ3v) is 3.83. The van der Waals surface area contributed by atoms with Crippen molar-refractivity contribution in [3.63, 3.8) is 0 Å². The SMILES string of the molecule is COCC(C)(CC(=O)O)NC(=O)CSc1nncn1C(C)C. The predicted octanol–water partition coefficient (Wildman–Crippen LogP) is 0.947. The average Bonchev–Trinajstić information content (AvgIpc) is 2.83. The number of methoxy groups -OCH3 is 1. The van der Waals surface area contributed by atoms with E-state index in [9.17, 15) is 9.59 Å². The van der Waals surface area contributed by atoms with Crippen LogP contribution in [0.2, 0.25) is 0 Å². The zero-order valence-corrected chi connectivity index (χ0v) is 14.0. The number of nitrogens with zero attached hydrogens (tertiary/aromatic N) is 3. The summed E-state index contributed by atoms with van der Waals surface area (Å²) in [7, 11) is 1.46. The van der Waals surface area contributed by atoms with Crippen molar-refractivity contribution < 1.29 is 19.4 Å². The van der Waals surface area contributed by atoms with Crippen LogP contribution < -0.4 is 5.32 Å². The first-order chi connectivity index (χ1) is 10.3. The largest absolute Gasteiger partial charge is 0.481 e. The minimum Gasteiger partial charge on any atom is -0.481 e. The van der Waals surface area contributed by atoms with Crippen LogP contribution >= 0.6 is 11.8 Å². The van der Waals surface area contributed by atoms with Gasteiger partial charge in [0, 0.05) is 13.2 Å². The summed E-state index contributed by atoms with van der Waals surface area (Å²) in [6, 6.07) is 0.200. The summed E-state index contributed by atoms with van der Waals surface area (Å²) in [5.41, 5.74) is -0.941. The smallest absolute Gasteiger partial charge is 0.305 e. The third kappa shape index (κ3) is 5.64. The van der Waals surface area contributed by atoms with Gasteiger partial charge in [-0.15, -0.1) is 10.2 Å². The number of hydrogen-bond donors (Lipinski definition) is 2. The Hall–Kier alpha value is -1.61. The molecule has 0 aromatic carbocycles. The Bertz CT molecular complexity index is 520. The Balaban J connectivity index is 2.60. The molecule has 1 rings (SSSR count). The molecule has 0 saturated heterocycles. The van der Waals surface area contributed by atoms with Crippen LogP contribution in [0.5, 0.6) is 0 Å². The number of ether oxygens (including phenoxy) is 1. The van der Waals surface area contributed by atoms with Crippen LogP contribution in [0.3, 0.4) is 0 Å². The molecule has 1 aromatic heterocycles. The van der Waals surface area contributed by atoms with Gasteiger partial charge >= 0.3 is 5.97 Å². The Kier molecular flexibility index (Phi) is 6.82. The molecule has 2 N–H and O–H groups in total. The van der Waals surface area contributed by atoms with E-state index in [1.807, 2.05) is 18.4 Å². The minimum absolute atomic E-state index is 0.123. The highest BCUT2D eigenvalue weighted by molar-refractivity contribution is 7.99. The summed E-state index contributed by atoms with van der Waals surface area (Å²) in [6.07, 6.45) is 1.41. The van der Waals surface area contributed by atoms with Crippen LogP contribution in [0.25, 0.3) is 0 Å². The first-order valence-corrected chi connectivity index (χ1v) is 7.80. The summed E-state index contributed by atoms with van der Waals surface area (Å²) in [6.45, 7) is 5.76. The lowest BCUT2D eigenvalue weighted by Gasteiger charge is -2.28. The van der Waals surface area contributed by atoms with Gasteiger partial charge in [0.05, 0.1) is 24.3 Å². The summed E-state index contributed by atoms with van der Waals surface area (Å²) in [4.78, 5) is 23.0. The average molecular weight is 330 g/mol. The van der Waals surface area contributed by atoms with Gasteiger partial charge in [-0.1, -0.05) is 11.8 Å². The maximum absolute atomic E-state index is 12.1. The van der Waals surface area contributed by atoms with E-state index in [0.717, 1.165) is 0 Å². The lowest BCUT2D eigenvalue weighted by atomic mass is 9.99. The fourth-order valence-electron chi connectivity index (χ4n) is 1.98. The highest BCUT2D eigenvalue weighted by atomic mass is 32.2. The number of hydrogen-bond acceptors (Lipinski definition) is 6. The number of rotatable bonds is 9. The van der Waals surface area contributed by atoms with E-state index >= 15 is 0 Å². The number of nitrogens with one attached hydrogen (secondary N) is 1. The van der Waals surface area contributed by atoms with Crippen molar-refractivity contribution in [2.75, 3.05) is 19.5 Å². The van der Waals surface area contributed by atoms with Gasteiger partial charge in [-0.25, -0.2) is 0 Å². The van der Waals surface area contributed by atoms with E-state index in [2.05, 4.69) is 15.5 Å². The molecule has 124 valence electrons. The zero-order chi connectivity index (χ0) is 16.8. The van der Waals surface area contributed by atoms with Gasteiger partial charge in [-0.3, -0.25) is 9.59 Å². The van der Waals surface area contributed by atoms with Crippen molar-refractivity contribution in [3.8, 4) is 0 Å². The molecule has 8 nitrogen and oxygen atoms in total. The first kappa shape index (κ1) is 18.4. The van der Waals surface area contributed by atoms with Crippen LogP contribution in [0.15, 0.2) is 11.5 Å². The number of amides is 1. The second-order valence-corrected chi connectivity index (χ2v) is 6.46. The summed E-state index contributed by atoms with van der Waals surface area (Å²) >= 11 is 1.26. The summed E-state index contributed by atoms with van der Waals surface area (Å²) in [5.74, 6) is -1.14. The van der Waals surface area contributed by atoms with Crippen molar-refractivity contribution in [1.82, 2.24) is 20.1 Å². The van der Waals surface area contributed by atoms with Crippen molar-refractivity contribution in [1.29, 1.82) is 0 Å². The van der Waals surface area contributed by atoms with E-state index in [0.29, 0.717) is 5.16 Å². The van der Waals surface area contributed by atoms with Crippen molar-refractivity contribution in [3.05, 3.63) is 6.33 Å². The maximum Gasteiger partial charge on any atom is 0.305 e. The van der Waals surface area contributed by atoms with E-state index in [1.54, 1.807) is 13.3 Å². The number of carboxylic acid groups (broad SMARTS) is 1. The molecule has 1 aromatic rings. The lowest BCUT2D eigenvalue weighted by Crippen LogP contribution is -2.51. The van der Waals surface area contributed by atoms with E-state index in [1.165, 1.54) is 18.9 Å². The van der Waals surface area contributed by atoms with Crippen LogP contribution in [0.4, 0.5) is 0 Å². The second kappa shape index (κ2) is 8.14. The van der Waals surface area contributed by atoms with Gasteiger partial charge in [0.25, 0.3) is 0 Å². The molecule has 9 heteroatoms. The van der Waals surface area contributed by atoms with Gasteiger partial charge in [0.15, 0.2) is 5.16 Å². The molecular weight excluding hydrogens is 308 g/mol. The molecule has 0 radical (unpaired) electrons. The predicted molar refractivity (Wildman–Crippen MR) is 81.8 cm³/mol. The molecule has 0 fully saturated rings. The molecule has 0 aliphatic heterocycles. The van der Waals surface area contributed by atoms with E-state index < -0.39 is 11.5 Å². The van der Waals surface area contributed by atoms with Crippen molar-refractivity contribution in [2.45, 2.75) is 43.9 Å². The Morgan fingerprint density at radius 3 is 2.77 bits per heavy atom. The molecule has 1 amide bonds. The highest BCUT2D eigenvalue weighted by Crippen LogP contribution is 2.19. The van der Waals surface area contributed by atoms with Gasteiger partial charge in [0.1, 0.15) is 6.33 Å². The van der Waals surface area contributed by atoms with Gasteiger partial charge in [0.2, 0.25) is 5.91 Å². The second-order valence-electron chi connectivity index (χ2n) is 5.52. The lowest BCUT2D eigenvalue weighted by molar-refractivity contribution is -0.139. The molecule has 0 bridgehead atoms. The first-order valence-electron chi connectivity index (χ1n) is 6.81. The standard InChI is InChI=1S/C13H22N4O4S/c1-9(2)17-8-14-16-12(17)22-6-10(18)15-13(3,7-21-4)5-11(19)20/h8-9H,5-7H2,1-4H3,(H,15,18)(H,19,20). The van der Waals surface area contributed by atoms with Crippen LogP contribution in [0, 0.1) is 0 Å². The zero-order valence-electron chi connectivity index (χ0n) is 13.2. The third-order valence-electron chi connectivity index (χ3n) is 2.87. The van der Waals surface area contributed by atoms with Crippen LogP contribution in [0.1, 0.15) is 33.2 Å². The molecule has 1 unspecified atom stereocenters. The fourth-order valence-corrected chi connectivity index (χ4v) is 2.82. The van der Waals surface area contributed by atoms with E-state index in [-0.39, 0.29) is 30.7 Å².